The van der Waals surface area contributed by atoms with Crippen LogP contribution in [-0.2, 0) is 9.73 Å². The van der Waals surface area contributed by atoms with Gasteiger partial charge < -0.3 is 14.6 Å². The summed E-state index contributed by atoms with van der Waals surface area (Å²) in [4.78, 5) is 9.93. The maximum Gasteiger partial charge on any atom is 0.158 e. The summed E-state index contributed by atoms with van der Waals surface area (Å²) in [5.74, 6) is 0.265. The number of rotatable bonds is 5. The molecule has 1 atom stereocenters. The quantitative estimate of drug-likeness (QED) is 0.663. The summed E-state index contributed by atoms with van der Waals surface area (Å²) >= 11 is 0. The van der Waals surface area contributed by atoms with E-state index in [1.807, 2.05) is 6.07 Å². The van der Waals surface area contributed by atoms with Gasteiger partial charge >= 0.3 is 0 Å². The van der Waals surface area contributed by atoms with E-state index < -0.39 is 15.5 Å². The van der Waals surface area contributed by atoms with Crippen LogP contribution in [0.4, 0.5) is 10.1 Å². The molecule has 4 rings (SSSR count). The first-order chi connectivity index (χ1) is 13.4. The molecule has 1 aliphatic heterocycles. The Kier molecular flexibility index (Phi) is 4.74. The Morgan fingerprint density at radius 2 is 2.07 bits per heavy atom. The second-order valence-corrected chi connectivity index (χ2v) is 9.32. The SMILES string of the molecule is CCS(=N)(=O)c1ccc(N2CCCC2)c(-c2[nH]c3ncc(OC)cc3c2F)c1. The van der Waals surface area contributed by atoms with Crippen LogP contribution >= 0.6 is 0 Å². The van der Waals surface area contributed by atoms with E-state index in [1.165, 1.54) is 13.3 Å². The topological polar surface area (TPSA) is 82.1 Å². The van der Waals surface area contributed by atoms with E-state index in [1.54, 1.807) is 25.1 Å². The van der Waals surface area contributed by atoms with Gasteiger partial charge in [0.25, 0.3) is 0 Å². The summed E-state index contributed by atoms with van der Waals surface area (Å²) < 4.78 is 41.3. The van der Waals surface area contributed by atoms with E-state index in [0.29, 0.717) is 32.9 Å². The van der Waals surface area contributed by atoms with E-state index in [0.717, 1.165) is 31.6 Å². The third kappa shape index (κ3) is 3.11. The van der Waals surface area contributed by atoms with Gasteiger partial charge in [-0.1, -0.05) is 6.92 Å². The summed E-state index contributed by atoms with van der Waals surface area (Å²) in [5.41, 5.74) is 2.21. The zero-order valence-electron chi connectivity index (χ0n) is 15.9. The number of benzene rings is 1. The average Bonchev–Trinajstić information content (AvgIpc) is 3.36. The molecule has 28 heavy (non-hydrogen) atoms. The van der Waals surface area contributed by atoms with Crippen molar-refractivity contribution in [3.8, 4) is 17.0 Å². The zero-order chi connectivity index (χ0) is 19.9. The van der Waals surface area contributed by atoms with Gasteiger partial charge in [0.1, 0.15) is 11.4 Å². The van der Waals surface area contributed by atoms with Crippen LogP contribution in [0.5, 0.6) is 5.75 Å². The van der Waals surface area contributed by atoms with E-state index in [9.17, 15) is 4.21 Å². The molecule has 0 bridgehead atoms. The number of hydrogen-bond acceptors (Lipinski definition) is 5. The van der Waals surface area contributed by atoms with E-state index in [2.05, 4.69) is 14.9 Å². The zero-order valence-corrected chi connectivity index (χ0v) is 16.7. The lowest BCUT2D eigenvalue weighted by Crippen LogP contribution is -2.19. The molecule has 0 amide bonds. The molecule has 3 aromatic rings. The van der Waals surface area contributed by atoms with Crippen molar-refractivity contribution in [1.82, 2.24) is 9.97 Å². The van der Waals surface area contributed by atoms with E-state index >= 15 is 4.39 Å². The number of hydrogen-bond donors (Lipinski definition) is 2. The summed E-state index contributed by atoms with van der Waals surface area (Å²) in [5, 5.41) is 0.342. The van der Waals surface area contributed by atoms with Gasteiger partial charge in [0.15, 0.2) is 5.82 Å². The fourth-order valence-electron chi connectivity index (χ4n) is 3.64. The van der Waals surface area contributed by atoms with Gasteiger partial charge in [0.2, 0.25) is 0 Å². The molecular weight excluding hydrogens is 379 g/mol. The molecule has 1 aliphatic rings. The van der Waals surface area contributed by atoms with Gasteiger partial charge in [-0.15, -0.1) is 0 Å². The third-order valence-electron chi connectivity index (χ3n) is 5.27. The number of aromatic amines is 1. The Morgan fingerprint density at radius 3 is 2.75 bits per heavy atom. The minimum absolute atomic E-state index is 0.212. The van der Waals surface area contributed by atoms with Crippen LogP contribution in [0.3, 0.4) is 0 Å². The van der Waals surface area contributed by atoms with Crippen molar-refractivity contribution < 1.29 is 13.3 Å². The number of nitrogens with zero attached hydrogens (tertiary/aromatic N) is 2. The number of nitrogens with one attached hydrogen (secondary N) is 2. The number of H-pyrrole nitrogens is 1. The molecule has 6 nitrogen and oxygen atoms in total. The Bertz CT molecular complexity index is 1130. The minimum Gasteiger partial charge on any atom is -0.495 e. The highest BCUT2D eigenvalue weighted by Gasteiger charge is 2.23. The second-order valence-electron chi connectivity index (χ2n) is 6.92. The molecule has 1 saturated heterocycles. The van der Waals surface area contributed by atoms with Crippen molar-refractivity contribution >= 4 is 26.4 Å². The number of pyridine rings is 1. The van der Waals surface area contributed by atoms with E-state index in [4.69, 9.17) is 9.52 Å². The molecule has 2 aromatic heterocycles. The Labute approximate surface area is 163 Å². The lowest BCUT2D eigenvalue weighted by Gasteiger charge is -2.22. The first-order valence-corrected chi connectivity index (χ1v) is 11.0. The molecule has 1 fully saturated rings. The van der Waals surface area contributed by atoms with Crippen molar-refractivity contribution in [2.75, 3.05) is 30.9 Å². The molecular formula is C20H23FN4O2S. The number of fused-ring (bicyclic) bond motifs is 1. The van der Waals surface area contributed by atoms with Crippen LogP contribution in [0.25, 0.3) is 22.3 Å². The average molecular weight is 402 g/mol. The van der Waals surface area contributed by atoms with Crippen LogP contribution in [0.1, 0.15) is 19.8 Å². The molecule has 0 aliphatic carbocycles. The number of halogens is 1. The Morgan fingerprint density at radius 1 is 1.32 bits per heavy atom. The highest BCUT2D eigenvalue weighted by atomic mass is 32.2. The van der Waals surface area contributed by atoms with Crippen molar-refractivity contribution in [2.24, 2.45) is 0 Å². The van der Waals surface area contributed by atoms with Crippen LogP contribution < -0.4 is 9.64 Å². The van der Waals surface area contributed by atoms with Crippen molar-refractivity contribution in [1.29, 1.82) is 4.78 Å². The largest absolute Gasteiger partial charge is 0.495 e. The van der Waals surface area contributed by atoms with Crippen molar-refractivity contribution in [3.05, 3.63) is 36.3 Å². The highest BCUT2D eigenvalue weighted by molar-refractivity contribution is 7.92. The predicted molar refractivity (Wildman–Crippen MR) is 109 cm³/mol. The fourth-order valence-corrected chi connectivity index (χ4v) is 4.57. The van der Waals surface area contributed by atoms with Crippen LogP contribution in [-0.4, -0.2) is 40.1 Å². The van der Waals surface area contributed by atoms with Gasteiger partial charge in [-0.05, 0) is 37.1 Å². The number of aromatic nitrogens is 2. The monoisotopic (exact) mass is 402 g/mol. The van der Waals surface area contributed by atoms with Crippen LogP contribution in [0.15, 0.2) is 35.4 Å². The normalized spacial score (nSPS) is 16.5. The molecule has 1 aromatic carbocycles. The minimum atomic E-state index is -2.91. The number of ether oxygens (including phenoxy) is 1. The Hall–Kier alpha value is -2.61. The maximum atomic E-state index is 15.3. The molecule has 0 radical (unpaired) electrons. The standard InChI is InChI=1S/C20H23FN4O2S/c1-3-28(22,26)14-6-7-17(25-8-4-5-9-25)15(11-14)19-18(21)16-10-13(27-2)12-23-20(16)24-19/h6-7,10-12,22H,3-5,8-9H2,1-2H3,(H,23,24). The summed E-state index contributed by atoms with van der Waals surface area (Å²) in [6.07, 6.45) is 3.70. The first-order valence-electron chi connectivity index (χ1n) is 9.31. The summed E-state index contributed by atoms with van der Waals surface area (Å²) in [7, 11) is -1.40. The first kappa shape index (κ1) is 18.7. The highest BCUT2D eigenvalue weighted by Crippen LogP contribution is 2.38. The number of methoxy groups -OCH3 is 1. The lowest BCUT2D eigenvalue weighted by molar-refractivity contribution is 0.413. The second kappa shape index (κ2) is 7.09. The van der Waals surface area contributed by atoms with Crippen LogP contribution in [0.2, 0.25) is 0 Å². The smallest absolute Gasteiger partial charge is 0.158 e. The molecule has 8 heteroatoms. The Balaban J connectivity index is 1.95. The van der Waals surface area contributed by atoms with Crippen LogP contribution in [0, 0.1) is 10.6 Å². The fraction of sp³-hybridized carbons (Fsp3) is 0.350. The molecule has 0 saturated carbocycles. The molecule has 1 unspecified atom stereocenters. The van der Waals surface area contributed by atoms with E-state index in [-0.39, 0.29) is 5.75 Å². The molecule has 3 heterocycles. The van der Waals surface area contributed by atoms with Gasteiger partial charge in [0.05, 0.1) is 34.1 Å². The third-order valence-corrected chi connectivity index (χ3v) is 7.10. The number of anilines is 1. The molecule has 148 valence electrons. The molecule has 2 N–H and O–H groups in total. The summed E-state index contributed by atoms with van der Waals surface area (Å²) in [6.45, 7) is 3.51. The van der Waals surface area contributed by atoms with Gasteiger partial charge in [-0.25, -0.2) is 18.4 Å². The van der Waals surface area contributed by atoms with Crippen molar-refractivity contribution in [3.63, 3.8) is 0 Å². The van der Waals surface area contributed by atoms with Gasteiger partial charge in [-0.2, -0.15) is 0 Å². The van der Waals surface area contributed by atoms with Gasteiger partial charge in [0, 0.05) is 35.0 Å². The van der Waals surface area contributed by atoms with Gasteiger partial charge in [-0.3, -0.25) is 0 Å². The lowest BCUT2D eigenvalue weighted by atomic mass is 10.1. The predicted octanol–water partition coefficient (Wildman–Crippen LogP) is 4.40. The van der Waals surface area contributed by atoms with Crippen molar-refractivity contribution in [2.45, 2.75) is 24.7 Å². The molecule has 0 spiro atoms. The maximum absolute atomic E-state index is 15.3. The summed E-state index contributed by atoms with van der Waals surface area (Å²) in [6, 6.07) is 6.89.